The number of thiophene rings is 1. The third-order valence-corrected chi connectivity index (χ3v) is 4.11. The zero-order chi connectivity index (χ0) is 15.5. The maximum absolute atomic E-state index is 12.9. The van der Waals surface area contributed by atoms with Crippen molar-refractivity contribution >= 4 is 17.2 Å². The molecule has 0 aliphatic rings. The molecule has 22 heavy (non-hydrogen) atoms. The quantitative estimate of drug-likeness (QED) is 0.790. The van der Waals surface area contributed by atoms with Gasteiger partial charge in [-0.2, -0.15) is 0 Å². The Kier molecular flexibility index (Phi) is 4.02. The third-order valence-electron chi connectivity index (χ3n) is 3.22. The van der Waals surface area contributed by atoms with Crippen LogP contribution in [-0.4, -0.2) is 11.1 Å². The smallest absolute Gasteiger partial charge is 0.273 e. The van der Waals surface area contributed by atoms with Crippen molar-refractivity contribution in [3.05, 3.63) is 64.9 Å². The number of aromatic nitrogens is 1. The van der Waals surface area contributed by atoms with E-state index in [4.69, 9.17) is 4.52 Å². The first-order chi connectivity index (χ1) is 10.6. The van der Waals surface area contributed by atoms with E-state index >= 15 is 0 Å². The van der Waals surface area contributed by atoms with Crippen LogP contribution in [0.15, 0.2) is 52.4 Å². The van der Waals surface area contributed by atoms with E-state index in [0.29, 0.717) is 5.76 Å². The molecule has 0 saturated heterocycles. The number of nitrogens with one attached hydrogen (secondary N) is 1. The molecule has 0 bridgehead atoms. The number of nitrogens with zero attached hydrogens (tertiary/aromatic N) is 1. The summed E-state index contributed by atoms with van der Waals surface area (Å²) in [6.45, 7) is 1.82. The topological polar surface area (TPSA) is 55.1 Å². The van der Waals surface area contributed by atoms with Gasteiger partial charge in [0.25, 0.3) is 5.91 Å². The summed E-state index contributed by atoms with van der Waals surface area (Å²) in [5.41, 5.74) is 1.04. The molecule has 3 rings (SSSR count). The second kappa shape index (κ2) is 6.11. The molecule has 2 heterocycles. The summed E-state index contributed by atoms with van der Waals surface area (Å²) in [7, 11) is 0. The molecule has 1 atom stereocenters. The summed E-state index contributed by atoms with van der Waals surface area (Å²) in [6.07, 6.45) is 0. The lowest BCUT2D eigenvalue weighted by molar-refractivity contribution is 0.0931. The molecule has 0 fully saturated rings. The molecule has 1 amide bonds. The van der Waals surface area contributed by atoms with Crippen molar-refractivity contribution in [2.24, 2.45) is 0 Å². The molecule has 1 N–H and O–H groups in total. The maximum atomic E-state index is 12.9. The van der Waals surface area contributed by atoms with E-state index < -0.39 is 0 Å². The number of rotatable bonds is 4. The Hall–Kier alpha value is -2.47. The van der Waals surface area contributed by atoms with Crippen LogP contribution in [0.5, 0.6) is 0 Å². The minimum absolute atomic E-state index is 0.220. The fourth-order valence-electron chi connectivity index (χ4n) is 2.02. The monoisotopic (exact) mass is 316 g/mol. The molecule has 0 radical (unpaired) electrons. The van der Waals surface area contributed by atoms with Crippen LogP contribution in [0.2, 0.25) is 0 Å². The highest BCUT2D eigenvalue weighted by Gasteiger charge is 2.16. The van der Waals surface area contributed by atoms with Gasteiger partial charge >= 0.3 is 0 Å². The van der Waals surface area contributed by atoms with Gasteiger partial charge in [-0.25, -0.2) is 4.39 Å². The summed E-state index contributed by atoms with van der Waals surface area (Å²) in [5.74, 6) is -0.0719. The van der Waals surface area contributed by atoms with Crippen molar-refractivity contribution in [2.45, 2.75) is 13.0 Å². The highest BCUT2D eigenvalue weighted by Crippen LogP contribution is 2.25. The molecule has 0 spiro atoms. The molecule has 4 nitrogen and oxygen atoms in total. The number of amides is 1. The molecule has 0 aliphatic carbocycles. The first kappa shape index (κ1) is 14.5. The van der Waals surface area contributed by atoms with Gasteiger partial charge in [-0.05, 0) is 36.1 Å². The molecular formula is C16H13FN2O2S. The second-order valence-corrected chi connectivity index (χ2v) is 5.75. The Morgan fingerprint density at radius 3 is 2.77 bits per heavy atom. The van der Waals surface area contributed by atoms with E-state index in [9.17, 15) is 9.18 Å². The van der Waals surface area contributed by atoms with Crippen molar-refractivity contribution in [3.8, 4) is 10.6 Å². The summed E-state index contributed by atoms with van der Waals surface area (Å²) in [4.78, 5) is 13.1. The van der Waals surface area contributed by atoms with E-state index in [1.807, 2.05) is 24.4 Å². The lowest BCUT2D eigenvalue weighted by atomic mass is 10.1. The van der Waals surface area contributed by atoms with Crippen molar-refractivity contribution in [1.29, 1.82) is 0 Å². The van der Waals surface area contributed by atoms with E-state index in [1.54, 1.807) is 18.2 Å². The number of carbonyl (C=O) groups is 1. The zero-order valence-electron chi connectivity index (χ0n) is 11.7. The van der Waals surface area contributed by atoms with Gasteiger partial charge in [0.05, 0.1) is 10.9 Å². The Morgan fingerprint density at radius 1 is 1.32 bits per heavy atom. The van der Waals surface area contributed by atoms with Gasteiger partial charge in [0.15, 0.2) is 11.5 Å². The van der Waals surface area contributed by atoms with Gasteiger partial charge < -0.3 is 9.84 Å². The van der Waals surface area contributed by atoms with Crippen LogP contribution in [0.1, 0.15) is 29.0 Å². The second-order valence-electron chi connectivity index (χ2n) is 4.80. The van der Waals surface area contributed by atoms with E-state index in [0.717, 1.165) is 10.4 Å². The van der Waals surface area contributed by atoms with E-state index in [1.165, 1.54) is 23.5 Å². The van der Waals surface area contributed by atoms with Gasteiger partial charge in [-0.1, -0.05) is 23.4 Å². The molecule has 112 valence electrons. The van der Waals surface area contributed by atoms with Crippen LogP contribution in [0, 0.1) is 5.82 Å². The molecule has 2 aromatic heterocycles. The normalized spacial score (nSPS) is 12.1. The van der Waals surface area contributed by atoms with Crippen LogP contribution in [0.4, 0.5) is 4.39 Å². The van der Waals surface area contributed by atoms with Gasteiger partial charge in [-0.15, -0.1) is 11.3 Å². The van der Waals surface area contributed by atoms with E-state index in [2.05, 4.69) is 10.5 Å². The Morgan fingerprint density at radius 2 is 2.09 bits per heavy atom. The van der Waals surface area contributed by atoms with Gasteiger partial charge in [0.1, 0.15) is 5.82 Å². The van der Waals surface area contributed by atoms with Gasteiger partial charge in [0.2, 0.25) is 0 Å². The standard InChI is InChI=1S/C16H13FN2O2S/c1-10(11-4-6-12(17)7-5-11)18-16(20)13-9-14(21-19-13)15-3-2-8-22-15/h2-10H,1H3,(H,18,20). The Bertz CT molecular complexity index is 766. The number of halogens is 1. The van der Waals surface area contributed by atoms with E-state index in [-0.39, 0.29) is 23.5 Å². The Balaban J connectivity index is 1.70. The van der Waals surface area contributed by atoms with Crippen molar-refractivity contribution in [1.82, 2.24) is 10.5 Å². The van der Waals surface area contributed by atoms with Crippen molar-refractivity contribution < 1.29 is 13.7 Å². The average molecular weight is 316 g/mol. The minimum Gasteiger partial charge on any atom is -0.355 e. The van der Waals surface area contributed by atoms with Crippen molar-refractivity contribution in [2.75, 3.05) is 0 Å². The fourth-order valence-corrected chi connectivity index (χ4v) is 2.70. The Labute approximate surface area is 130 Å². The van der Waals surface area contributed by atoms with Crippen molar-refractivity contribution in [3.63, 3.8) is 0 Å². The highest BCUT2D eigenvalue weighted by molar-refractivity contribution is 7.13. The average Bonchev–Trinajstić information content (AvgIpc) is 3.19. The lowest BCUT2D eigenvalue weighted by Gasteiger charge is -2.12. The number of hydrogen-bond donors (Lipinski definition) is 1. The minimum atomic E-state index is -0.330. The number of benzene rings is 1. The number of carbonyl (C=O) groups excluding carboxylic acids is 1. The molecular weight excluding hydrogens is 303 g/mol. The van der Waals surface area contributed by atoms with Crippen LogP contribution >= 0.6 is 11.3 Å². The fraction of sp³-hybridized carbons (Fsp3) is 0.125. The molecule has 3 aromatic rings. The van der Waals surface area contributed by atoms with Crippen LogP contribution in [-0.2, 0) is 0 Å². The predicted molar refractivity (Wildman–Crippen MR) is 82.1 cm³/mol. The molecule has 6 heteroatoms. The molecule has 1 unspecified atom stereocenters. The summed E-state index contributed by atoms with van der Waals surface area (Å²) in [5, 5.41) is 8.53. The predicted octanol–water partition coefficient (Wildman–Crippen LogP) is 4.03. The third kappa shape index (κ3) is 3.07. The number of hydrogen-bond acceptors (Lipinski definition) is 4. The maximum Gasteiger partial charge on any atom is 0.273 e. The summed E-state index contributed by atoms with van der Waals surface area (Å²) < 4.78 is 18.1. The SMILES string of the molecule is CC(NC(=O)c1cc(-c2cccs2)on1)c1ccc(F)cc1. The lowest BCUT2D eigenvalue weighted by Crippen LogP contribution is -2.26. The zero-order valence-corrected chi connectivity index (χ0v) is 12.6. The summed E-state index contributed by atoms with van der Waals surface area (Å²) in [6, 6.07) is 11.2. The first-order valence-corrected chi connectivity index (χ1v) is 7.58. The van der Waals surface area contributed by atoms with Crippen LogP contribution in [0.3, 0.4) is 0 Å². The molecule has 0 saturated carbocycles. The molecule has 1 aromatic carbocycles. The van der Waals surface area contributed by atoms with Gasteiger partial charge in [-0.3, -0.25) is 4.79 Å². The van der Waals surface area contributed by atoms with Gasteiger partial charge in [0, 0.05) is 6.07 Å². The first-order valence-electron chi connectivity index (χ1n) is 6.70. The molecule has 0 aliphatic heterocycles. The summed E-state index contributed by atoms with van der Waals surface area (Å²) >= 11 is 1.51. The van der Waals surface area contributed by atoms with Crippen LogP contribution < -0.4 is 5.32 Å². The van der Waals surface area contributed by atoms with Crippen LogP contribution in [0.25, 0.3) is 10.6 Å². The largest absolute Gasteiger partial charge is 0.355 e. The highest BCUT2D eigenvalue weighted by atomic mass is 32.1.